The Bertz CT molecular complexity index is 1770. The second kappa shape index (κ2) is 15.1. The van der Waals surface area contributed by atoms with Gasteiger partial charge in [-0.3, -0.25) is 13.9 Å². The van der Waals surface area contributed by atoms with Gasteiger partial charge in [0, 0.05) is 24.6 Å². The average Bonchev–Trinajstić information content (AvgIpc) is 3.57. The zero-order valence-corrected chi connectivity index (χ0v) is 27.3. The number of nitrogens with one attached hydrogen (secondary N) is 1. The first kappa shape index (κ1) is 33.4. The summed E-state index contributed by atoms with van der Waals surface area (Å²) < 4.78 is 44.1. The van der Waals surface area contributed by atoms with Crippen molar-refractivity contribution in [3.63, 3.8) is 0 Å². The molecule has 11 heteroatoms. The van der Waals surface area contributed by atoms with E-state index in [4.69, 9.17) is 23.2 Å². The lowest BCUT2D eigenvalue weighted by atomic mass is 10.0. The number of hydrogen-bond donors (Lipinski definition) is 1. The Hall–Kier alpha value is -3.92. The van der Waals surface area contributed by atoms with Crippen LogP contribution in [0.15, 0.2) is 108 Å². The molecule has 1 saturated carbocycles. The lowest BCUT2D eigenvalue weighted by Gasteiger charge is -2.34. The van der Waals surface area contributed by atoms with Gasteiger partial charge in [-0.15, -0.1) is 0 Å². The number of carbonyl (C=O) groups is 2. The van der Waals surface area contributed by atoms with E-state index in [0.29, 0.717) is 0 Å². The molecule has 5 rings (SSSR count). The smallest absolute Gasteiger partial charge is 0.264 e. The van der Waals surface area contributed by atoms with Crippen LogP contribution in [-0.2, 0) is 32.6 Å². The Morgan fingerprint density at radius 2 is 1.48 bits per heavy atom. The van der Waals surface area contributed by atoms with Gasteiger partial charge >= 0.3 is 0 Å². The van der Waals surface area contributed by atoms with Crippen molar-refractivity contribution in [2.24, 2.45) is 0 Å². The Balaban J connectivity index is 1.58. The van der Waals surface area contributed by atoms with Gasteiger partial charge in [0.25, 0.3) is 10.0 Å². The van der Waals surface area contributed by atoms with Crippen molar-refractivity contribution in [1.29, 1.82) is 0 Å². The molecule has 4 aromatic rings. The third-order valence-corrected chi connectivity index (χ3v) is 10.6. The molecule has 1 atom stereocenters. The van der Waals surface area contributed by atoms with Gasteiger partial charge in [-0.25, -0.2) is 12.8 Å². The zero-order valence-electron chi connectivity index (χ0n) is 25.0. The standard InChI is InChI=1S/C35H34Cl2FN3O4S/c36-30-20-19-28(22-31(30)37)41(46(44,45)29-16-5-2-6-17-29)24-34(42)40(23-26-13-7-10-18-32(26)38)33(21-25-11-3-1-4-12-25)35(43)39-27-14-8-9-15-27/h1-7,10-13,16-20,22,27,33H,8-9,14-15,21,23-24H2,(H,39,43)/t33-/m0/s1. The summed E-state index contributed by atoms with van der Waals surface area (Å²) in [7, 11) is -4.31. The molecule has 0 bridgehead atoms. The molecule has 2 amide bonds. The lowest BCUT2D eigenvalue weighted by molar-refractivity contribution is -0.140. The van der Waals surface area contributed by atoms with Crippen LogP contribution in [0.3, 0.4) is 0 Å². The van der Waals surface area contributed by atoms with Crippen LogP contribution in [0.5, 0.6) is 0 Å². The van der Waals surface area contributed by atoms with Gasteiger partial charge in [0.1, 0.15) is 18.4 Å². The van der Waals surface area contributed by atoms with Crippen molar-refractivity contribution in [1.82, 2.24) is 10.2 Å². The number of halogens is 3. The predicted molar refractivity (Wildman–Crippen MR) is 179 cm³/mol. The van der Waals surface area contributed by atoms with Crippen LogP contribution in [0.2, 0.25) is 10.0 Å². The van der Waals surface area contributed by atoms with E-state index in [-0.39, 0.29) is 51.1 Å². The number of anilines is 1. The van der Waals surface area contributed by atoms with Crippen LogP contribution in [-0.4, -0.2) is 43.8 Å². The lowest BCUT2D eigenvalue weighted by Crippen LogP contribution is -2.54. The van der Waals surface area contributed by atoms with E-state index in [2.05, 4.69) is 5.32 Å². The molecule has 0 spiro atoms. The fourth-order valence-corrected chi connectivity index (χ4v) is 7.34. The minimum atomic E-state index is -4.31. The number of benzene rings is 4. The maximum Gasteiger partial charge on any atom is 0.264 e. The van der Waals surface area contributed by atoms with Crippen molar-refractivity contribution in [3.8, 4) is 0 Å². The molecule has 1 aliphatic carbocycles. The number of nitrogens with zero attached hydrogens (tertiary/aromatic N) is 2. The molecule has 240 valence electrons. The molecule has 0 saturated heterocycles. The van der Waals surface area contributed by atoms with Gasteiger partial charge in [-0.05, 0) is 54.8 Å². The summed E-state index contributed by atoms with van der Waals surface area (Å²) in [5, 5.41) is 3.41. The second-order valence-electron chi connectivity index (χ2n) is 11.2. The topological polar surface area (TPSA) is 86.8 Å². The molecule has 4 aromatic carbocycles. The molecule has 0 heterocycles. The van der Waals surface area contributed by atoms with Crippen molar-refractivity contribution >= 4 is 50.7 Å². The minimum absolute atomic E-state index is 0.0395. The average molecular weight is 683 g/mol. The highest BCUT2D eigenvalue weighted by molar-refractivity contribution is 7.92. The number of rotatable bonds is 12. The molecule has 1 aliphatic rings. The van der Waals surface area contributed by atoms with E-state index in [1.165, 1.54) is 47.4 Å². The van der Waals surface area contributed by atoms with Gasteiger partial charge in [0.05, 0.1) is 20.6 Å². The summed E-state index contributed by atoms with van der Waals surface area (Å²) in [4.78, 5) is 29.8. The fourth-order valence-electron chi connectivity index (χ4n) is 5.62. The van der Waals surface area contributed by atoms with Crippen molar-refractivity contribution in [2.75, 3.05) is 10.8 Å². The first-order chi connectivity index (χ1) is 22.1. The molecule has 7 nitrogen and oxygen atoms in total. The van der Waals surface area contributed by atoms with Crippen LogP contribution < -0.4 is 9.62 Å². The van der Waals surface area contributed by atoms with Crippen LogP contribution >= 0.6 is 23.2 Å². The maximum atomic E-state index is 15.1. The Labute approximate surface area is 279 Å². The largest absolute Gasteiger partial charge is 0.352 e. The highest BCUT2D eigenvalue weighted by Gasteiger charge is 2.36. The van der Waals surface area contributed by atoms with Crippen molar-refractivity contribution < 1.29 is 22.4 Å². The maximum absolute atomic E-state index is 15.1. The Kier molecular flexibility index (Phi) is 11.0. The predicted octanol–water partition coefficient (Wildman–Crippen LogP) is 7.03. The molecule has 46 heavy (non-hydrogen) atoms. The van der Waals surface area contributed by atoms with Crippen LogP contribution in [0, 0.1) is 5.82 Å². The first-order valence-electron chi connectivity index (χ1n) is 15.0. The van der Waals surface area contributed by atoms with E-state index < -0.39 is 34.3 Å². The minimum Gasteiger partial charge on any atom is -0.352 e. The Morgan fingerprint density at radius 1 is 0.848 bits per heavy atom. The molecule has 0 radical (unpaired) electrons. The van der Waals surface area contributed by atoms with E-state index in [9.17, 15) is 18.0 Å². The van der Waals surface area contributed by atoms with Crippen molar-refractivity contribution in [2.45, 2.75) is 55.6 Å². The highest BCUT2D eigenvalue weighted by Crippen LogP contribution is 2.31. The molecular formula is C35H34Cl2FN3O4S. The van der Waals surface area contributed by atoms with Gasteiger partial charge in [0.2, 0.25) is 11.8 Å². The number of hydrogen-bond acceptors (Lipinski definition) is 4. The SMILES string of the molecule is O=C(NC1CCCC1)[C@H](Cc1ccccc1)N(Cc1ccccc1F)C(=O)CN(c1ccc(Cl)c(Cl)c1)S(=O)(=O)c1ccccc1. The van der Waals surface area contributed by atoms with Gasteiger partial charge in [0.15, 0.2) is 0 Å². The Morgan fingerprint density at radius 3 is 2.13 bits per heavy atom. The highest BCUT2D eigenvalue weighted by atomic mass is 35.5. The van der Waals surface area contributed by atoms with Crippen LogP contribution in [0.1, 0.15) is 36.8 Å². The molecule has 0 unspecified atom stereocenters. The summed E-state index contributed by atoms with van der Waals surface area (Å²) >= 11 is 12.4. The third-order valence-electron chi connectivity index (χ3n) is 8.07. The van der Waals surface area contributed by atoms with Gasteiger partial charge in [-0.1, -0.05) is 103 Å². The normalized spacial score (nSPS) is 14.1. The summed E-state index contributed by atoms with van der Waals surface area (Å²) in [6.07, 6.45) is 3.76. The summed E-state index contributed by atoms with van der Waals surface area (Å²) in [5.74, 6) is -1.63. The molecule has 0 aliphatic heterocycles. The quantitative estimate of drug-likeness (QED) is 0.174. The van der Waals surface area contributed by atoms with E-state index in [1.54, 1.807) is 30.3 Å². The van der Waals surface area contributed by atoms with E-state index in [1.807, 2.05) is 30.3 Å². The van der Waals surface area contributed by atoms with Crippen LogP contribution in [0.25, 0.3) is 0 Å². The fraction of sp³-hybridized carbons (Fsp3) is 0.257. The first-order valence-corrected chi connectivity index (χ1v) is 17.2. The second-order valence-corrected chi connectivity index (χ2v) is 13.9. The van der Waals surface area contributed by atoms with Gasteiger partial charge < -0.3 is 10.2 Å². The molecule has 1 fully saturated rings. The number of sulfonamides is 1. The molecule has 1 N–H and O–H groups in total. The third kappa shape index (κ3) is 8.07. The molecule has 0 aromatic heterocycles. The molecular weight excluding hydrogens is 648 g/mol. The van der Waals surface area contributed by atoms with Crippen molar-refractivity contribution in [3.05, 3.63) is 130 Å². The zero-order chi connectivity index (χ0) is 32.7. The number of carbonyl (C=O) groups excluding carboxylic acids is 2. The van der Waals surface area contributed by atoms with Gasteiger partial charge in [-0.2, -0.15) is 0 Å². The monoisotopic (exact) mass is 681 g/mol. The van der Waals surface area contributed by atoms with E-state index >= 15 is 4.39 Å². The summed E-state index contributed by atoms with van der Waals surface area (Å²) in [6, 6.07) is 26.1. The van der Waals surface area contributed by atoms with Crippen LogP contribution in [0.4, 0.5) is 10.1 Å². The summed E-state index contributed by atoms with van der Waals surface area (Å²) in [5.41, 5.74) is 1.08. The number of amides is 2. The van der Waals surface area contributed by atoms with E-state index in [0.717, 1.165) is 35.6 Å². The summed E-state index contributed by atoms with van der Waals surface area (Å²) in [6.45, 7) is -0.951.